The zero-order valence-electron chi connectivity index (χ0n) is 16.7. The Kier molecular flexibility index (Phi) is 7.49. The Morgan fingerprint density at radius 2 is 1.81 bits per heavy atom. The minimum absolute atomic E-state index is 0.0321. The zero-order chi connectivity index (χ0) is 22.4. The van der Waals surface area contributed by atoms with E-state index in [-0.39, 0.29) is 29.3 Å². The van der Waals surface area contributed by atoms with Gasteiger partial charge in [0.05, 0.1) is 23.4 Å². The molecule has 0 bridgehead atoms. The van der Waals surface area contributed by atoms with E-state index in [1.165, 1.54) is 4.68 Å². The zero-order valence-corrected chi connectivity index (χ0v) is 18.2. The van der Waals surface area contributed by atoms with Gasteiger partial charge in [-0.25, -0.2) is 4.68 Å². The molecule has 10 heteroatoms. The molecular formula is C21H20Cl2N4O4. The first-order valence-electron chi connectivity index (χ1n) is 9.58. The molecule has 1 heterocycles. The Hall–Kier alpha value is -3.10. The first kappa shape index (κ1) is 22.6. The summed E-state index contributed by atoms with van der Waals surface area (Å²) in [6, 6.07) is 11.6. The number of nitrogens with one attached hydrogen (secondary N) is 2. The number of aromatic nitrogens is 2. The summed E-state index contributed by atoms with van der Waals surface area (Å²) in [5, 5.41) is 5.58. The number of aryl methyl sites for hydroxylation is 1. The predicted molar refractivity (Wildman–Crippen MR) is 118 cm³/mol. The van der Waals surface area contributed by atoms with Gasteiger partial charge in [-0.05, 0) is 24.6 Å². The molecule has 0 atom stereocenters. The molecule has 1 aromatic heterocycles. The van der Waals surface area contributed by atoms with Crippen LogP contribution in [0.2, 0.25) is 10.0 Å². The van der Waals surface area contributed by atoms with Gasteiger partial charge < -0.3 is 4.74 Å². The number of ether oxygens (including phenoxy) is 1. The van der Waals surface area contributed by atoms with Gasteiger partial charge in [-0.2, -0.15) is 5.10 Å². The lowest BCUT2D eigenvalue weighted by Gasteiger charge is -2.12. The minimum atomic E-state index is -0.631. The number of rotatable bonds is 7. The third-order valence-corrected chi connectivity index (χ3v) is 5.14. The average molecular weight is 463 g/mol. The lowest BCUT2D eigenvalue weighted by Crippen LogP contribution is -2.43. The van der Waals surface area contributed by atoms with Crippen molar-refractivity contribution < 1.29 is 14.3 Å². The molecule has 3 rings (SSSR count). The van der Waals surface area contributed by atoms with Crippen LogP contribution in [0, 0.1) is 0 Å². The second-order valence-corrected chi connectivity index (χ2v) is 7.36. The van der Waals surface area contributed by atoms with E-state index >= 15 is 0 Å². The van der Waals surface area contributed by atoms with Gasteiger partial charge >= 0.3 is 0 Å². The quantitative estimate of drug-likeness (QED) is 0.524. The molecule has 0 aliphatic rings. The van der Waals surface area contributed by atoms with Crippen LogP contribution >= 0.6 is 23.2 Å². The van der Waals surface area contributed by atoms with Crippen molar-refractivity contribution >= 4 is 45.8 Å². The van der Waals surface area contributed by atoms with E-state index in [4.69, 9.17) is 27.9 Å². The molecular weight excluding hydrogens is 443 g/mol. The summed E-state index contributed by atoms with van der Waals surface area (Å²) < 4.78 is 6.70. The van der Waals surface area contributed by atoms with Crippen LogP contribution in [-0.2, 0) is 11.3 Å². The van der Waals surface area contributed by atoms with Crippen molar-refractivity contribution in [3.8, 4) is 5.75 Å². The van der Waals surface area contributed by atoms with Gasteiger partial charge in [0, 0.05) is 11.9 Å². The molecule has 31 heavy (non-hydrogen) atoms. The Bertz CT molecular complexity index is 1180. The molecule has 0 unspecified atom stereocenters. The molecule has 0 spiro atoms. The van der Waals surface area contributed by atoms with E-state index in [1.54, 1.807) is 42.5 Å². The Labute approximate surface area is 188 Å². The molecule has 0 aliphatic heterocycles. The van der Waals surface area contributed by atoms with Crippen molar-refractivity contribution in [2.24, 2.45) is 0 Å². The highest BCUT2D eigenvalue weighted by molar-refractivity contribution is 6.42. The standard InChI is InChI=1S/C21H20Cl2N4O4/c1-2-11-27-21(30)14-7-4-3-6-13(14)19(26-27)20(29)25-24-17(28)10-12-31-16-9-5-8-15(22)18(16)23/h3-9H,2,10-12H2,1H3,(H,24,28)(H,25,29). The van der Waals surface area contributed by atoms with Crippen molar-refractivity contribution in [1.82, 2.24) is 20.6 Å². The molecule has 3 aromatic rings. The first-order chi connectivity index (χ1) is 14.9. The highest BCUT2D eigenvalue weighted by atomic mass is 35.5. The summed E-state index contributed by atoms with van der Waals surface area (Å²) >= 11 is 11.9. The fourth-order valence-electron chi connectivity index (χ4n) is 2.86. The number of carbonyl (C=O) groups excluding carboxylic acids is 2. The van der Waals surface area contributed by atoms with Crippen LogP contribution in [0.4, 0.5) is 0 Å². The molecule has 8 nitrogen and oxygen atoms in total. The number of amides is 2. The number of carbonyl (C=O) groups is 2. The van der Waals surface area contributed by atoms with E-state index in [0.717, 1.165) is 0 Å². The molecule has 0 radical (unpaired) electrons. The van der Waals surface area contributed by atoms with Crippen LogP contribution in [0.25, 0.3) is 10.8 Å². The molecule has 2 aromatic carbocycles. The number of benzene rings is 2. The monoisotopic (exact) mass is 462 g/mol. The van der Waals surface area contributed by atoms with Crippen molar-refractivity contribution in [1.29, 1.82) is 0 Å². The van der Waals surface area contributed by atoms with Crippen molar-refractivity contribution in [3.05, 3.63) is 68.6 Å². The second kappa shape index (κ2) is 10.3. The van der Waals surface area contributed by atoms with Crippen LogP contribution < -0.4 is 21.1 Å². The van der Waals surface area contributed by atoms with E-state index in [0.29, 0.717) is 34.5 Å². The Morgan fingerprint density at radius 3 is 2.55 bits per heavy atom. The van der Waals surface area contributed by atoms with Crippen LogP contribution in [0.3, 0.4) is 0 Å². The van der Waals surface area contributed by atoms with Crippen LogP contribution in [0.5, 0.6) is 5.75 Å². The van der Waals surface area contributed by atoms with Crippen LogP contribution in [0.15, 0.2) is 47.3 Å². The van der Waals surface area contributed by atoms with Gasteiger partial charge in [0.1, 0.15) is 10.8 Å². The lowest BCUT2D eigenvalue weighted by molar-refractivity contribution is -0.122. The smallest absolute Gasteiger partial charge is 0.290 e. The van der Waals surface area contributed by atoms with Gasteiger partial charge in [0.15, 0.2) is 5.69 Å². The van der Waals surface area contributed by atoms with E-state index < -0.39 is 11.8 Å². The number of nitrogens with zero attached hydrogens (tertiary/aromatic N) is 2. The summed E-state index contributed by atoms with van der Waals surface area (Å²) in [6.45, 7) is 2.31. The van der Waals surface area contributed by atoms with Gasteiger partial charge in [0.2, 0.25) is 5.91 Å². The Balaban J connectivity index is 1.63. The van der Waals surface area contributed by atoms with Crippen molar-refractivity contribution in [3.63, 3.8) is 0 Å². The molecule has 0 saturated carbocycles. The predicted octanol–water partition coefficient (Wildman–Crippen LogP) is 3.34. The topological polar surface area (TPSA) is 102 Å². The molecule has 0 saturated heterocycles. The SMILES string of the molecule is CCCn1nc(C(=O)NNC(=O)CCOc2cccc(Cl)c2Cl)c2ccccc2c1=O. The van der Waals surface area contributed by atoms with Gasteiger partial charge in [-0.1, -0.05) is 54.4 Å². The normalized spacial score (nSPS) is 10.7. The molecule has 2 amide bonds. The maximum Gasteiger partial charge on any atom is 0.290 e. The molecule has 2 N–H and O–H groups in total. The van der Waals surface area contributed by atoms with E-state index in [9.17, 15) is 14.4 Å². The average Bonchev–Trinajstić information content (AvgIpc) is 2.77. The summed E-state index contributed by atoms with van der Waals surface area (Å²) in [7, 11) is 0. The third-order valence-electron chi connectivity index (χ3n) is 4.34. The summed E-state index contributed by atoms with van der Waals surface area (Å²) in [5.41, 5.74) is 4.43. The lowest BCUT2D eigenvalue weighted by atomic mass is 10.1. The van der Waals surface area contributed by atoms with Crippen molar-refractivity contribution in [2.75, 3.05) is 6.61 Å². The largest absolute Gasteiger partial charge is 0.491 e. The summed E-state index contributed by atoms with van der Waals surface area (Å²) in [4.78, 5) is 37.2. The number of hydrazine groups is 1. The maximum atomic E-state index is 12.6. The minimum Gasteiger partial charge on any atom is -0.491 e. The molecule has 0 fully saturated rings. The van der Waals surface area contributed by atoms with Gasteiger partial charge in [-0.15, -0.1) is 0 Å². The van der Waals surface area contributed by atoms with E-state index in [1.807, 2.05) is 6.92 Å². The summed E-state index contributed by atoms with van der Waals surface area (Å²) in [6.07, 6.45) is 0.645. The summed E-state index contributed by atoms with van der Waals surface area (Å²) in [5.74, 6) is -0.745. The number of fused-ring (bicyclic) bond motifs is 1. The fourth-order valence-corrected chi connectivity index (χ4v) is 3.21. The number of halogens is 2. The van der Waals surface area contributed by atoms with Gasteiger partial charge in [0.25, 0.3) is 11.5 Å². The second-order valence-electron chi connectivity index (χ2n) is 6.58. The molecule has 0 aliphatic carbocycles. The Morgan fingerprint density at radius 1 is 1.06 bits per heavy atom. The third kappa shape index (κ3) is 5.34. The highest BCUT2D eigenvalue weighted by Crippen LogP contribution is 2.31. The van der Waals surface area contributed by atoms with E-state index in [2.05, 4.69) is 16.0 Å². The number of hydrogen-bond acceptors (Lipinski definition) is 5. The van der Waals surface area contributed by atoms with Crippen LogP contribution in [-0.4, -0.2) is 28.2 Å². The van der Waals surface area contributed by atoms with Crippen LogP contribution in [0.1, 0.15) is 30.3 Å². The van der Waals surface area contributed by atoms with Gasteiger partial charge in [-0.3, -0.25) is 25.2 Å². The van der Waals surface area contributed by atoms with Crippen molar-refractivity contribution in [2.45, 2.75) is 26.3 Å². The first-order valence-corrected chi connectivity index (χ1v) is 10.3. The highest BCUT2D eigenvalue weighted by Gasteiger charge is 2.17. The maximum absolute atomic E-state index is 12.6. The number of hydrogen-bond donors (Lipinski definition) is 2. The molecule has 162 valence electrons. The fraction of sp³-hybridized carbons (Fsp3) is 0.238.